The Kier molecular flexibility index (Phi) is 3.86. The van der Waals surface area contributed by atoms with Gasteiger partial charge in [0.1, 0.15) is 0 Å². The zero-order valence-corrected chi connectivity index (χ0v) is 13.5. The Morgan fingerprint density at radius 2 is 0.944 bits per heavy atom. The summed E-state index contributed by atoms with van der Waals surface area (Å²) in [6.07, 6.45) is 0. The van der Waals surface area contributed by atoms with Gasteiger partial charge in [-0.1, -0.05) is 13.8 Å². The van der Waals surface area contributed by atoms with Gasteiger partial charge in [-0.15, -0.1) is 0 Å². The standard InChI is InChI=1S/C15H31BN2/c1-9-11(3)17(7)13(5)15-14(6)18(8)12(4)10(2)16(9)15/h9-15H,1-8H3/t9-,10+,11+,12-,13-,14+,15-. The van der Waals surface area contributed by atoms with Gasteiger partial charge in [0.2, 0.25) is 0 Å². The average molecular weight is 250 g/mol. The summed E-state index contributed by atoms with van der Waals surface area (Å²) in [4.78, 5) is 5.22. The molecule has 0 saturated carbocycles. The fourth-order valence-corrected chi connectivity index (χ4v) is 4.90. The van der Waals surface area contributed by atoms with Gasteiger partial charge in [0.25, 0.3) is 0 Å². The van der Waals surface area contributed by atoms with Gasteiger partial charge in [-0.2, -0.15) is 0 Å². The topological polar surface area (TPSA) is 6.48 Å². The monoisotopic (exact) mass is 250 g/mol. The maximum atomic E-state index is 2.61. The minimum Gasteiger partial charge on any atom is -0.302 e. The molecule has 2 saturated heterocycles. The predicted molar refractivity (Wildman–Crippen MR) is 81.7 cm³/mol. The van der Waals surface area contributed by atoms with Crippen molar-refractivity contribution in [1.82, 2.24) is 9.80 Å². The summed E-state index contributed by atoms with van der Waals surface area (Å²) in [6.45, 7) is 15.5. The number of rotatable bonds is 0. The summed E-state index contributed by atoms with van der Waals surface area (Å²) in [6, 6.07) is 2.83. The molecule has 7 atom stereocenters. The van der Waals surface area contributed by atoms with Crippen molar-refractivity contribution >= 4 is 6.71 Å². The summed E-state index contributed by atoms with van der Waals surface area (Å²) < 4.78 is 0. The highest BCUT2D eigenvalue weighted by molar-refractivity contribution is 6.65. The number of fused-ring (bicyclic) bond motifs is 1. The highest BCUT2D eigenvalue weighted by Gasteiger charge is 2.53. The van der Waals surface area contributed by atoms with E-state index in [4.69, 9.17) is 0 Å². The average Bonchev–Trinajstić information content (AvgIpc) is 2.35. The molecule has 0 radical (unpaired) electrons. The van der Waals surface area contributed by atoms with Crippen molar-refractivity contribution in [3.8, 4) is 0 Å². The molecule has 2 aliphatic heterocycles. The number of hydrogen-bond donors (Lipinski definition) is 0. The SMILES string of the molecule is C[C@@H]1B2[C@H]([C@@H](C)N(C)[C@@H](C)[C@H]2C)[C@H](C)N(C)[C@@H]1C. The van der Waals surface area contributed by atoms with E-state index < -0.39 is 0 Å². The molecule has 2 aliphatic rings. The van der Waals surface area contributed by atoms with Crippen LogP contribution in [0.4, 0.5) is 0 Å². The van der Waals surface area contributed by atoms with Crippen LogP contribution in [-0.4, -0.2) is 54.8 Å². The van der Waals surface area contributed by atoms with Crippen molar-refractivity contribution in [2.75, 3.05) is 14.1 Å². The van der Waals surface area contributed by atoms with Gasteiger partial charge in [-0.25, -0.2) is 0 Å². The van der Waals surface area contributed by atoms with E-state index in [1.54, 1.807) is 0 Å². The van der Waals surface area contributed by atoms with Crippen LogP contribution in [-0.2, 0) is 0 Å². The first kappa shape index (κ1) is 14.4. The Balaban J connectivity index is 2.36. The Morgan fingerprint density at radius 1 is 0.611 bits per heavy atom. The Bertz CT molecular complexity index is 251. The molecule has 0 bridgehead atoms. The van der Waals surface area contributed by atoms with Crippen molar-refractivity contribution in [3.63, 3.8) is 0 Å². The van der Waals surface area contributed by atoms with Gasteiger partial charge in [0, 0.05) is 24.2 Å². The fourth-order valence-electron chi connectivity index (χ4n) is 4.90. The molecular weight excluding hydrogens is 219 g/mol. The Hall–Kier alpha value is -0.0151. The van der Waals surface area contributed by atoms with Crippen molar-refractivity contribution < 1.29 is 0 Å². The minimum absolute atomic E-state index is 0.702. The van der Waals surface area contributed by atoms with Gasteiger partial charge < -0.3 is 9.80 Å². The third-order valence-corrected chi connectivity index (χ3v) is 6.86. The molecule has 0 aromatic rings. The summed E-state index contributed by atoms with van der Waals surface area (Å²) in [5, 5.41) is 0. The van der Waals surface area contributed by atoms with E-state index in [9.17, 15) is 0 Å². The van der Waals surface area contributed by atoms with Gasteiger partial charge in [-0.05, 0) is 59.2 Å². The first-order valence-electron chi connectivity index (χ1n) is 7.72. The molecule has 104 valence electrons. The Morgan fingerprint density at radius 3 is 1.28 bits per heavy atom. The van der Waals surface area contributed by atoms with Crippen LogP contribution in [0.5, 0.6) is 0 Å². The van der Waals surface area contributed by atoms with Crippen LogP contribution in [0.2, 0.25) is 17.5 Å². The molecule has 2 nitrogen and oxygen atoms in total. The molecule has 2 heterocycles. The molecule has 0 aromatic carbocycles. The first-order chi connectivity index (χ1) is 8.29. The van der Waals surface area contributed by atoms with Crippen molar-refractivity contribution in [3.05, 3.63) is 0 Å². The summed E-state index contributed by atoms with van der Waals surface area (Å²) >= 11 is 0. The predicted octanol–water partition coefficient (Wildman–Crippen LogP) is 3.08. The Labute approximate surface area is 114 Å². The molecule has 0 spiro atoms. The molecule has 0 amide bonds. The van der Waals surface area contributed by atoms with E-state index >= 15 is 0 Å². The van der Waals surface area contributed by atoms with Crippen LogP contribution in [0, 0.1) is 0 Å². The zero-order valence-electron chi connectivity index (χ0n) is 13.5. The van der Waals surface area contributed by atoms with E-state index in [1.165, 1.54) is 0 Å². The largest absolute Gasteiger partial charge is 0.302 e. The van der Waals surface area contributed by atoms with E-state index in [-0.39, 0.29) is 0 Å². The van der Waals surface area contributed by atoms with Crippen molar-refractivity contribution in [2.45, 2.75) is 83.2 Å². The summed E-state index contributed by atoms with van der Waals surface area (Å²) in [5.41, 5.74) is 0. The van der Waals surface area contributed by atoms with E-state index in [0.29, 0.717) is 24.2 Å². The smallest absolute Gasteiger partial charge is 0.156 e. The zero-order chi connectivity index (χ0) is 13.8. The number of nitrogens with zero attached hydrogens (tertiary/aromatic N) is 2. The fraction of sp³-hybridized carbons (Fsp3) is 1.00. The molecular formula is C15H31BN2. The molecule has 2 fully saturated rings. The molecule has 0 unspecified atom stereocenters. The molecule has 18 heavy (non-hydrogen) atoms. The quantitative estimate of drug-likeness (QED) is 0.610. The molecule has 2 rings (SSSR count). The maximum Gasteiger partial charge on any atom is 0.156 e. The molecule has 0 aliphatic carbocycles. The van der Waals surface area contributed by atoms with Crippen molar-refractivity contribution in [2.24, 2.45) is 0 Å². The van der Waals surface area contributed by atoms with Gasteiger partial charge in [0.15, 0.2) is 6.71 Å². The van der Waals surface area contributed by atoms with Gasteiger partial charge >= 0.3 is 0 Å². The van der Waals surface area contributed by atoms with Crippen LogP contribution in [0.25, 0.3) is 0 Å². The highest BCUT2D eigenvalue weighted by Crippen LogP contribution is 2.50. The lowest BCUT2D eigenvalue weighted by atomic mass is 9.22. The maximum absolute atomic E-state index is 2.61. The van der Waals surface area contributed by atoms with E-state index in [0.717, 1.165) is 24.2 Å². The molecule has 0 aromatic heterocycles. The van der Waals surface area contributed by atoms with Crippen molar-refractivity contribution in [1.29, 1.82) is 0 Å². The second-order valence-electron chi connectivity index (χ2n) is 7.17. The second kappa shape index (κ2) is 4.83. The summed E-state index contributed by atoms with van der Waals surface area (Å²) in [7, 11) is 4.63. The second-order valence-corrected chi connectivity index (χ2v) is 7.17. The normalized spacial score (nSPS) is 51.3. The van der Waals surface area contributed by atoms with Crippen LogP contribution >= 0.6 is 0 Å². The molecule has 3 heteroatoms. The van der Waals surface area contributed by atoms with Crippen LogP contribution in [0.3, 0.4) is 0 Å². The van der Waals surface area contributed by atoms with Gasteiger partial charge in [-0.3, -0.25) is 0 Å². The molecule has 0 N–H and O–H groups in total. The first-order valence-corrected chi connectivity index (χ1v) is 7.72. The van der Waals surface area contributed by atoms with Crippen LogP contribution in [0.1, 0.15) is 41.5 Å². The van der Waals surface area contributed by atoms with Crippen LogP contribution in [0.15, 0.2) is 0 Å². The minimum atomic E-state index is 0.702. The highest BCUT2D eigenvalue weighted by atomic mass is 15.2. The summed E-state index contributed by atoms with van der Waals surface area (Å²) in [5.74, 6) is 2.44. The van der Waals surface area contributed by atoms with Crippen LogP contribution < -0.4 is 0 Å². The van der Waals surface area contributed by atoms with Gasteiger partial charge in [0.05, 0.1) is 0 Å². The van der Waals surface area contributed by atoms with E-state index in [1.807, 2.05) is 0 Å². The van der Waals surface area contributed by atoms with E-state index in [2.05, 4.69) is 65.4 Å². The number of hydrogen-bond acceptors (Lipinski definition) is 2. The lowest BCUT2D eigenvalue weighted by Crippen LogP contribution is -2.65. The third kappa shape index (κ3) is 1.86. The third-order valence-electron chi connectivity index (χ3n) is 6.86. The lowest BCUT2D eigenvalue weighted by molar-refractivity contribution is 0.0856. The lowest BCUT2D eigenvalue weighted by Gasteiger charge is -2.59.